The Balaban J connectivity index is 1.79. The molecule has 13 heteroatoms. The molecule has 2 aliphatic rings. The number of aliphatic hydroxyl groups is 2. The molecule has 0 bridgehead atoms. The van der Waals surface area contributed by atoms with Gasteiger partial charge in [0.1, 0.15) is 24.6 Å². The van der Waals surface area contributed by atoms with Crippen LogP contribution in [0, 0.1) is 5.92 Å². The maximum absolute atomic E-state index is 14.0. The van der Waals surface area contributed by atoms with Crippen LogP contribution in [0.5, 0.6) is 5.75 Å². The lowest BCUT2D eigenvalue weighted by molar-refractivity contribution is -0.151. The summed E-state index contributed by atoms with van der Waals surface area (Å²) in [7, 11) is -4.04. The molecule has 2 heterocycles. The Morgan fingerprint density at radius 3 is 2.62 bits per heavy atom. The van der Waals surface area contributed by atoms with Crippen LogP contribution in [0.2, 0.25) is 0 Å². The molecule has 2 unspecified atom stereocenters. The van der Waals surface area contributed by atoms with E-state index in [4.69, 9.17) is 30.7 Å². The minimum absolute atomic E-state index is 0.0775. The third-order valence-electron chi connectivity index (χ3n) is 5.68. The monoisotopic (exact) mass is 558 g/mol. The Morgan fingerprint density at radius 2 is 2.03 bits per heavy atom. The van der Waals surface area contributed by atoms with Gasteiger partial charge in [-0.15, -0.1) is 0 Å². The summed E-state index contributed by atoms with van der Waals surface area (Å²) < 4.78 is 50.1. The van der Waals surface area contributed by atoms with E-state index in [1.807, 2.05) is 0 Å². The third kappa shape index (κ3) is 6.95. The zero-order valence-corrected chi connectivity index (χ0v) is 22.5. The number of benzene rings is 1. The number of halogens is 1. The van der Waals surface area contributed by atoms with E-state index >= 15 is 0 Å². The summed E-state index contributed by atoms with van der Waals surface area (Å²) in [5.74, 6) is -1.20. The van der Waals surface area contributed by atoms with E-state index in [2.05, 4.69) is 11.9 Å². The molecule has 3 N–H and O–H groups in total. The predicted molar refractivity (Wildman–Crippen MR) is 137 cm³/mol. The Hall–Kier alpha value is -2.34. The second-order valence-electron chi connectivity index (χ2n) is 9.16. The number of carbonyl (C=O) groups is 1. The van der Waals surface area contributed by atoms with Crippen molar-refractivity contribution in [3.63, 3.8) is 0 Å². The van der Waals surface area contributed by atoms with Crippen molar-refractivity contribution < 1.29 is 42.5 Å². The van der Waals surface area contributed by atoms with Gasteiger partial charge >= 0.3 is 13.6 Å². The number of ether oxygens (including phenoxy) is 2. The van der Waals surface area contributed by atoms with Crippen molar-refractivity contribution in [1.82, 2.24) is 10.2 Å². The fourth-order valence-electron chi connectivity index (χ4n) is 3.78. The summed E-state index contributed by atoms with van der Waals surface area (Å²) in [5, 5.41) is 24.6. The van der Waals surface area contributed by atoms with Gasteiger partial charge in [-0.2, -0.15) is 0 Å². The molecule has 10 nitrogen and oxygen atoms in total. The summed E-state index contributed by atoms with van der Waals surface area (Å²) in [6.07, 6.45) is -2.22. The van der Waals surface area contributed by atoms with Crippen molar-refractivity contribution in [2.24, 2.45) is 5.92 Å². The van der Waals surface area contributed by atoms with Crippen molar-refractivity contribution in [1.29, 1.82) is 0 Å². The standard InChI is InChI=1S/C24H32FN2O8PS/c1-15(2)33-21(29)16(3)13-36(31,35-18-8-6-5-7-9-18)32-12-19-20(28)24(30,14-25)22(34-19)27-11-10-17(4)26-23(27)37/h5-11,15-16,19-20,22,28,30H,4,12-14H2,1-3H3,(H,26,37)/t16-,19-,20+,22-,24?,36?/m1/s1. The minimum atomic E-state index is -4.04. The number of para-hydroxylation sites is 1. The quantitative estimate of drug-likeness (QED) is 0.211. The van der Waals surface area contributed by atoms with Crippen LogP contribution in [0.15, 0.2) is 54.9 Å². The highest BCUT2D eigenvalue weighted by Gasteiger charge is 2.58. The van der Waals surface area contributed by atoms with Crippen molar-refractivity contribution in [2.45, 2.75) is 50.9 Å². The molecule has 204 valence electrons. The Kier molecular flexibility index (Phi) is 9.49. The van der Waals surface area contributed by atoms with Crippen LogP contribution in [-0.4, -0.2) is 75.8 Å². The number of allylic oxidation sites excluding steroid dienone is 1. The van der Waals surface area contributed by atoms with E-state index in [1.54, 1.807) is 44.2 Å². The van der Waals surface area contributed by atoms with Gasteiger partial charge in [0, 0.05) is 11.9 Å². The average molecular weight is 559 g/mol. The van der Waals surface area contributed by atoms with Gasteiger partial charge in [-0.3, -0.25) is 14.2 Å². The van der Waals surface area contributed by atoms with Crippen LogP contribution in [0.1, 0.15) is 20.8 Å². The average Bonchev–Trinajstić information content (AvgIpc) is 3.08. The lowest BCUT2D eigenvalue weighted by atomic mass is 9.95. The highest BCUT2D eigenvalue weighted by Crippen LogP contribution is 2.51. The molecular formula is C24H32FN2O8PS. The topological polar surface area (TPSA) is 127 Å². The van der Waals surface area contributed by atoms with E-state index in [9.17, 15) is 24.0 Å². The van der Waals surface area contributed by atoms with Crippen LogP contribution in [0.3, 0.4) is 0 Å². The van der Waals surface area contributed by atoms with Crippen molar-refractivity contribution in [2.75, 3.05) is 19.4 Å². The highest BCUT2D eigenvalue weighted by molar-refractivity contribution is 7.80. The molecule has 1 aromatic carbocycles. The fraction of sp³-hybridized carbons (Fsp3) is 0.500. The summed E-state index contributed by atoms with van der Waals surface area (Å²) in [5.41, 5.74) is -1.89. The van der Waals surface area contributed by atoms with Gasteiger partial charge < -0.3 is 29.5 Å². The number of hydrogen-bond donors (Lipinski definition) is 3. The summed E-state index contributed by atoms with van der Waals surface area (Å²) >= 11 is 5.23. The molecule has 0 aliphatic carbocycles. The predicted octanol–water partition coefficient (Wildman–Crippen LogP) is 2.87. The minimum Gasteiger partial charge on any atom is -0.463 e. The van der Waals surface area contributed by atoms with E-state index in [-0.39, 0.29) is 23.1 Å². The molecule has 37 heavy (non-hydrogen) atoms. The molecule has 3 rings (SSSR count). The number of rotatable bonds is 11. The Labute approximate surface area is 220 Å². The van der Waals surface area contributed by atoms with Crippen LogP contribution < -0.4 is 9.84 Å². The normalized spacial score (nSPS) is 28.1. The second-order valence-corrected chi connectivity index (χ2v) is 11.6. The van der Waals surface area contributed by atoms with Crippen molar-refractivity contribution in [3.8, 4) is 5.75 Å². The number of nitrogens with one attached hydrogen (secondary N) is 1. The lowest BCUT2D eigenvalue weighted by Gasteiger charge is -2.37. The van der Waals surface area contributed by atoms with Crippen LogP contribution in [-0.2, 0) is 23.4 Å². The van der Waals surface area contributed by atoms with E-state index in [0.717, 1.165) is 0 Å². The maximum atomic E-state index is 14.0. The van der Waals surface area contributed by atoms with Crippen LogP contribution >= 0.6 is 19.8 Å². The number of hydrogen-bond acceptors (Lipinski definition) is 9. The molecule has 0 aromatic heterocycles. The second kappa shape index (κ2) is 12.0. The Morgan fingerprint density at radius 1 is 1.35 bits per heavy atom. The maximum Gasteiger partial charge on any atom is 0.380 e. The molecule has 0 radical (unpaired) electrons. The first-order chi connectivity index (χ1) is 17.4. The van der Waals surface area contributed by atoms with Gasteiger partial charge in [-0.1, -0.05) is 31.7 Å². The molecule has 2 aliphatic heterocycles. The summed E-state index contributed by atoms with van der Waals surface area (Å²) in [6.45, 7) is 6.72. The number of esters is 1. The first kappa shape index (κ1) is 29.2. The smallest absolute Gasteiger partial charge is 0.380 e. The molecule has 1 aromatic rings. The number of carbonyl (C=O) groups excluding carboxylic acids is 1. The van der Waals surface area contributed by atoms with E-state index in [0.29, 0.717) is 5.70 Å². The molecule has 1 fully saturated rings. The van der Waals surface area contributed by atoms with E-state index < -0.39 is 56.8 Å². The summed E-state index contributed by atoms with van der Waals surface area (Å²) in [4.78, 5) is 13.6. The lowest BCUT2D eigenvalue weighted by Crippen LogP contribution is -2.58. The first-order valence-electron chi connectivity index (χ1n) is 11.7. The van der Waals surface area contributed by atoms with Gasteiger partial charge in [0.2, 0.25) is 0 Å². The number of nitrogens with zero attached hydrogens (tertiary/aromatic N) is 1. The van der Waals surface area contributed by atoms with Gasteiger partial charge in [-0.05, 0) is 44.3 Å². The molecule has 0 saturated carbocycles. The molecule has 1 saturated heterocycles. The number of alkyl halides is 1. The van der Waals surface area contributed by atoms with Crippen molar-refractivity contribution in [3.05, 3.63) is 54.9 Å². The number of aliphatic hydroxyl groups excluding tert-OH is 1. The first-order valence-corrected chi connectivity index (χ1v) is 13.8. The zero-order valence-electron chi connectivity index (χ0n) is 20.8. The van der Waals surface area contributed by atoms with Gasteiger partial charge in [0.25, 0.3) is 0 Å². The SMILES string of the molecule is C=C1C=CN([C@@H]2O[C@H](COP(=O)(C[C@@H](C)C(=O)OC(C)C)Oc3ccccc3)[C@H](O)C2(O)CF)C(=S)N1. The highest BCUT2D eigenvalue weighted by atomic mass is 32.1. The van der Waals surface area contributed by atoms with Gasteiger partial charge in [0.15, 0.2) is 16.9 Å². The van der Waals surface area contributed by atoms with Crippen molar-refractivity contribution >= 4 is 30.9 Å². The summed E-state index contributed by atoms with van der Waals surface area (Å²) in [6, 6.07) is 8.21. The molecule has 0 amide bonds. The van der Waals surface area contributed by atoms with E-state index in [1.165, 1.54) is 24.1 Å². The van der Waals surface area contributed by atoms with Gasteiger partial charge in [-0.25, -0.2) is 8.96 Å². The number of thiocarbonyl (C=S) groups is 1. The fourth-order valence-corrected chi connectivity index (χ4v) is 5.93. The van der Waals surface area contributed by atoms with Crippen LogP contribution in [0.25, 0.3) is 0 Å². The zero-order chi connectivity index (χ0) is 27.4. The molecular weight excluding hydrogens is 526 g/mol. The third-order valence-corrected chi connectivity index (χ3v) is 8.01. The van der Waals surface area contributed by atoms with Crippen LogP contribution in [0.4, 0.5) is 4.39 Å². The molecule has 0 spiro atoms. The largest absolute Gasteiger partial charge is 0.463 e. The Bertz CT molecular complexity index is 1070. The van der Waals surface area contributed by atoms with Gasteiger partial charge in [0.05, 0.1) is 24.8 Å². The molecule has 6 atom stereocenters.